The van der Waals surface area contributed by atoms with E-state index in [1.54, 1.807) is 0 Å². The summed E-state index contributed by atoms with van der Waals surface area (Å²) in [5.41, 5.74) is -0.0947. The van der Waals surface area contributed by atoms with Crippen molar-refractivity contribution < 1.29 is 13.2 Å². The van der Waals surface area contributed by atoms with Crippen LogP contribution in [0.15, 0.2) is 34.8 Å². The van der Waals surface area contributed by atoms with Crippen LogP contribution in [0.4, 0.5) is 13.2 Å². The Labute approximate surface area is 130 Å². The third-order valence-corrected chi connectivity index (χ3v) is 3.81. The third-order valence-electron chi connectivity index (χ3n) is 2.88. The Bertz CT molecular complexity index is 870. The lowest BCUT2D eigenvalue weighted by Gasteiger charge is -2.07. The lowest BCUT2D eigenvalue weighted by molar-refractivity contribution is 0.585. The highest BCUT2D eigenvalue weighted by atomic mass is 79.9. The number of halogens is 5. The van der Waals surface area contributed by atoms with Crippen molar-refractivity contribution in [3.05, 3.63) is 57.4 Å². The van der Waals surface area contributed by atoms with Crippen LogP contribution in [0.3, 0.4) is 0 Å². The summed E-state index contributed by atoms with van der Waals surface area (Å²) in [6.07, 6.45) is 0. The molecule has 3 rings (SSSR count). The lowest BCUT2D eigenvalue weighted by Crippen LogP contribution is -1.97. The van der Waals surface area contributed by atoms with Gasteiger partial charge in [-0.3, -0.25) is 0 Å². The maximum Gasteiger partial charge on any atom is 0.164 e. The summed E-state index contributed by atoms with van der Waals surface area (Å²) in [7, 11) is 0. The van der Waals surface area contributed by atoms with Gasteiger partial charge in [-0.15, -0.1) is 0 Å². The molecule has 0 saturated heterocycles. The number of fused-ring (bicyclic) bond motifs is 1. The van der Waals surface area contributed by atoms with Gasteiger partial charge in [0.2, 0.25) is 0 Å². The van der Waals surface area contributed by atoms with E-state index in [1.165, 1.54) is 18.2 Å². The molecule has 0 atom stereocenters. The van der Waals surface area contributed by atoms with Crippen LogP contribution in [-0.4, -0.2) is 9.97 Å². The molecule has 0 N–H and O–H groups in total. The molecule has 0 radical (unpaired) electrons. The Morgan fingerprint density at radius 2 is 1.71 bits per heavy atom. The average Bonchev–Trinajstić information content (AvgIpc) is 2.42. The quantitative estimate of drug-likeness (QED) is 0.553. The zero-order chi connectivity index (χ0) is 15.1. The van der Waals surface area contributed by atoms with Crippen molar-refractivity contribution in [3.8, 4) is 11.4 Å². The summed E-state index contributed by atoms with van der Waals surface area (Å²) in [5.74, 6) is -2.29. The van der Waals surface area contributed by atoms with E-state index in [0.29, 0.717) is 15.9 Å². The van der Waals surface area contributed by atoms with Crippen molar-refractivity contribution in [1.29, 1.82) is 0 Å². The van der Waals surface area contributed by atoms with Gasteiger partial charge >= 0.3 is 0 Å². The Balaban J connectivity index is 2.33. The maximum absolute atomic E-state index is 13.9. The first-order valence-corrected chi connectivity index (χ1v) is 6.91. The smallest absolute Gasteiger partial charge is 0.164 e. The van der Waals surface area contributed by atoms with Gasteiger partial charge in [0, 0.05) is 10.5 Å². The van der Waals surface area contributed by atoms with Crippen LogP contribution in [0.1, 0.15) is 0 Å². The van der Waals surface area contributed by atoms with Gasteiger partial charge in [0.05, 0.1) is 10.9 Å². The Morgan fingerprint density at radius 1 is 0.952 bits per heavy atom. The molecule has 3 aromatic rings. The largest absolute Gasteiger partial charge is 0.225 e. The maximum atomic E-state index is 13.9. The summed E-state index contributed by atoms with van der Waals surface area (Å²) < 4.78 is 41.1. The zero-order valence-corrected chi connectivity index (χ0v) is 12.5. The molecule has 21 heavy (non-hydrogen) atoms. The fraction of sp³-hybridized carbons (Fsp3) is 0. The molecule has 0 spiro atoms. The van der Waals surface area contributed by atoms with Crippen molar-refractivity contribution in [1.82, 2.24) is 9.97 Å². The fourth-order valence-electron chi connectivity index (χ4n) is 1.92. The van der Waals surface area contributed by atoms with E-state index in [-0.39, 0.29) is 22.1 Å². The van der Waals surface area contributed by atoms with E-state index < -0.39 is 17.5 Å². The zero-order valence-electron chi connectivity index (χ0n) is 10.2. The summed E-state index contributed by atoms with van der Waals surface area (Å²) in [5, 5.41) is 0.271. The molecule has 2 aromatic carbocycles. The van der Waals surface area contributed by atoms with Crippen molar-refractivity contribution in [3.63, 3.8) is 0 Å². The molecule has 0 aliphatic rings. The second kappa shape index (κ2) is 5.27. The summed E-state index contributed by atoms with van der Waals surface area (Å²) in [4.78, 5) is 7.95. The van der Waals surface area contributed by atoms with E-state index in [4.69, 9.17) is 11.6 Å². The number of nitrogens with zero attached hydrogens (tertiary/aromatic N) is 2. The summed E-state index contributed by atoms with van der Waals surface area (Å²) >= 11 is 9.26. The van der Waals surface area contributed by atoms with Gasteiger partial charge in [0.25, 0.3) is 0 Å². The highest BCUT2D eigenvalue weighted by molar-refractivity contribution is 9.10. The van der Waals surface area contributed by atoms with E-state index >= 15 is 0 Å². The topological polar surface area (TPSA) is 25.8 Å². The predicted octanol–water partition coefficient (Wildman–Crippen LogP) is 5.13. The van der Waals surface area contributed by atoms with Crippen LogP contribution in [0.2, 0.25) is 5.15 Å². The molecule has 0 unspecified atom stereocenters. The normalized spacial score (nSPS) is 11.1. The first kappa shape index (κ1) is 14.3. The number of hydrogen-bond acceptors (Lipinski definition) is 2. The standard InChI is InChI=1S/C14H5BrClF3N2/c15-8-3-4-9(18)12-11(8)13(16)21-14(20-12)7-2-1-6(17)5-10(7)19/h1-5H. The molecule has 0 bridgehead atoms. The number of aromatic nitrogens is 2. The number of rotatable bonds is 1. The summed E-state index contributed by atoms with van der Waals surface area (Å²) in [6, 6.07) is 5.63. The Morgan fingerprint density at radius 3 is 2.43 bits per heavy atom. The Hall–Kier alpha value is -1.66. The highest BCUT2D eigenvalue weighted by Crippen LogP contribution is 2.32. The molecule has 2 nitrogen and oxygen atoms in total. The van der Waals surface area contributed by atoms with Gasteiger partial charge in [-0.2, -0.15) is 0 Å². The molecule has 7 heteroatoms. The van der Waals surface area contributed by atoms with Crippen LogP contribution in [0, 0.1) is 17.5 Å². The lowest BCUT2D eigenvalue weighted by atomic mass is 10.1. The molecular formula is C14H5BrClF3N2. The average molecular weight is 374 g/mol. The van der Waals surface area contributed by atoms with Crippen LogP contribution < -0.4 is 0 Å². The molecular weight excluding hydrogens is 369 g/mol. The molecule has 0 aliphatic carbocycles. The van der Waals surface area contributed by atoms with Crippen LogP contribution in [0.5, 0.6) is 0 Å². The first-order chi connectivity index (χ1) is 9.97. The minimum atomic E-state index is -0.846. The molecule has 0 aliphatic heterocycles. The van der Waals surface area contributed by atoms with Crippen LogP contribution >= 0.6 is 27.5 Å². The SMILES string of the molecule is Fc1ccc(-c2nc(Cl)c3c(Br)ccc(F)c3n2)c(F)c1. The second-order valence-electron chi connectivity index (χ2n) is 4.22. The molecule has 0 fully saturated rings. The molecule has 0 amide bonds. The molecule has 1 aromatic heterocycles. The van der Waals surface area contributed by atoms with Crippen molar-refractivity contribution in [2.45, 2.75) is 0 Å². The molecule has 0 saturated carbocycles. The van der Waals surface area contributed by atoms with E-state index in [0.717, 1.165) is 6.07 Å². The van der Waals surface area contributed by atoms with Gasteiger partial charge in [0.1, 0.15) is 28.1 Å². The van der Waals surface area contributed by atoms with Gasteiger partial charge < -0.3 is 0 Å². The third kappa shape index (κ3) is 2.49. The van der Waals surface area contributed by atoms with Gasteiger partial charge in [-0.05, 0) is 40.2 Å². The second-order valence-corrected chi connectivity index (χ2v) is 5.43. The van der Waals surface area contributed by atoms with Gasteiger partial charge in [-0.25, -0.2) is 23.1 Å². The van der Waals surface area contributed by atoms with Crippen molar-refractivity contribution >= 4 is 38.4 Å². The Kier molecular flexibility index (Phi) is 3.59. The minimum Gasteiger partial charge on any atom is -0.225 e. The minimum absolute atomic E-state index is 0.0231. The highest BCUT2D eigenvalue weighted by Gasteiger charge is 2.16. The van der Waals surface area contributed by atoms with Gasteiger partial charge in [-0.1, -0.05) is 11.6 Å². The van der Waals surface area contributed by atoms with Crippen molar-refractivity contribution in [2.75, 3.05) is 0 Å². The number of benzene rings is 2. The van der Waals surface area contributed by atoms with Crippen LogP contribution in [-0.2, 0) is 0 Å². The number of hydrogen-bond donors (Lipinski definition) is 0. The fourth-order valence-corrected chi connectivity index (χ4v) is 2.81. The monoisotopic (exact) mass is 372 g/mol. The van der Waals surface area contributed by atoms with Crippen LogP contribution in [0.25, 0.3) is 22.3 Å². The summed E-state index contributed by atoms with van der Waals surface area (Å²) in [6.45, 7) is 0. The van der Waals surface area contributed by atoms with E-state index in [1.807, 2.05) is 0 Å². The van der Waals surface area contributed by atoms with Gasteiger partial charge in [0.15, 0.2) is 5.82 Å². The molecule has 106 valence electrons. The predicted molar refractivity (Wildman–Crippen MR) is 77.6 cm³/mol. The molecule has 1 heterocycles. The van der Waals surface area contributed by atoms with Crippen molar-refractivity contribution in [2.24, 2.45) is 0 Å². The van der Waals surface area contributed by atoms with E-state index in [2.05, 4.69) is 25.9 Å². The van der Waals surface area contributed by atoms with E-state index in [9.17, 15) is 13.2 Å². The first-order valence-electron chi connectivity index (χ1n) is 5.74.